The summed E-state index contributed by atoms with van der Waals surface area (Å²) in [7, 11) is 0. The molecule has 5 rings (SSSR count). The first kappa shape index (κ1) is 17.2. The van der Waals surface area contributed by atoms with Gasteiger partial charge in [0, 0.05) is 22.9 Å². The van der Waals surface area contributed by atoms with Crippen LogP contribution in [0.15, 0.2) is 47.6 Å². The highest BCUT2D eigenvalue weighted by Gasteiger charge is 2.20. The van der Waals surface area contributed by atoms with Crippen molar-refractivity contribution in [1.82, 2.24) is 19.6 Å². The van der Waals surface area contributed by atoms with Crippen molar-refractivity contribution in [3.63, 3.8) is 0 Å². The molecule has 0 radical (unpaired) electrons. The summed E-state index contributed by atoms with van der Waals surface area (Å²) < 4.78 is 15.7. The van der Waals surface area contributed by atoms with Crippen molar-refractivity contribution in [2.75, 3.05) is 5.32 Å². The Morgan fingerprint density at radius 1 is 1.24 bits per heavy atom. The van der Waals surface area contributed by atoms with E-state index >= 15 is 0 Å². The lowest BCUT2D eigenvalue weighted by Crippen LogP contribution is -2.20. The molecular weight excluding hydrogens is 375 g/mol. The van der Waals surface area contributed by atoms with Crippen molar-refractivity contribution in [1.29, 1.82) is 0 Å². The standard InChI is InChI=1S/C20H17FN6O2/c21-14-3-1-2-4-15(14)24-16-9-17(23-13-5-6-13)27-19(25-16)12(10-22-27)7-11-8-18(28)26-20(11)29/h1-4,7-10,13,24,26,28-29H,5-6H2. The molecule has 0 aliphatic heterocycles. The molecule has 1 fully saturated rings. The van der Waals surface area contributed by atoms with Gasteiger partial charge < -0.3 is 15.5 Å². The molecule has 1 aliphatic carbocycles. The maximum absolute atomic E-state index is 14.1. The van der Waals surface area contributed by atoms with Gasteiger partial charge in [-0.25, -0.2) is 9.37 Å². The van der Waals surface area contributed by atoms with E-state index in [-0.39, 0.29) is 23.6 Å². The highest BCUT2D eigenvalue weighted by Crippen LogP contribution is 2.23. The minimum atomic E-state index is -0.386. The molecule has 9 heteroatoms. The summed E-state index contributed by atoms with van der Waals surface area (Å²) in [5, 5.41) is 27.4. The van der Waals surface area contributed by atoms with Crippen LogP contribution in [0.4, 0.5) is 15.9 Å². The number of fused-ring (bicyclic) bond motifs is 1. The van der Waals surface area contributed by atoms with Crippen LogP contribution >= 0.6 is 0 Å². The summed E-state index contributed by atoms with van der Waals surface area (Å²) in [6.45, 7) is 0. The average Bonchev–Trinajstić information content (AvgIpc) is 3.33. The van der Waals surface area contributed by atoms with Gasteiger partial charge in [-0.2, -0.15) is 9.61 Å². The lowest BCUT2D eigenvalue weighted by molar-refractivity contribution is 0.425. The zero-order chi connectivity index (χ0) is 20.0. The predicted octanol–water partition coefficient (Wildman–Crippen LogP) is 1.96. The molecule has 0 bridgehead atoms. The number of hydrogen-bond acceptors (Lipinski definition) is 6. The van der Waals surface area contributed by atoms with E-state index in [0.29, 0.717) is 33.4 Å². The van der Waals surface area contributed by atoms with E-state index in [2.05, 4.69) is 25.4 Å². The van der Waals surface area contributed by atoms with Crippen molar-refractivity contribution >= 4 is 23.2 Å². The number of nitrogens with zero attached hydrogens (tertiary/aromatic N) is 4. The summed E-state index contributed by atoms with van der Waals surface area (Å²) in [6.07, 6.45) is 5.30. The van der Waals surface area contributed by atoms with Gasteiger partial charge in [0.15, 0.2) is 22.9 Å². The molecule has 0 unspecified atom stereocenters. The van der Waals surface area contributed by atoms with Crippen LogP contribution in [0.3, 0.4) is 0 Å². The summed E-state index contributed by atoms with van der Waals surface area (Å²) in [6, 6.07) is 9.73. The quantitative estimate of drug-likeness (QED) is 0.424. The molecule has 0 spiro atoms. The number of H-pyrrole nitrogens is 1. The number of benzene rings is 1. The second kappa shape index (κ2) is 6.62. The zero-order valence-corrected chi connectivity index (χ0v) is 15.2. The van der Waals surface area contributed by atoms with Crippen molar-refractivity contribution in [3.8, 4) is 11.8 Å². The topological polar surface area (TPSA) is 111 Å². The van der Waals surface area contributed by atoms with Gasteiger partial charge in [-0.3, -0.25) is 9.98 Å². The number of rotatable bonds is 4. The van der Waals surface area contributed by atoms with E-state index in [1.807, 2.05) is 0 Å². The molecule has 1 saturated carbocycles. The van der Waals surface area contributed by atoms with E-state index in [9.17, 15) is 14.6 Å². The van der Waals surface area contributed by atoms with Gasteiger partial charge in [-0.15, -0.1) is 0 Å². The van der Waals surface area contributed by atoms with Gasteiger partial charge in [-0.05, 0) is 31.1 Å². The smallest absolute Gasteiger partial charge is 0.198 e. The maximum Gasteiger partial charge on any atom is 0.198 e. The number of anilines is 2. The van der Waals surface area contributed by atoms with Gasteiger partial charge in [-0.1, -0.05) is 12.1 Å². The monoisotopic (exact) mass is 392 g/mol. The predicted molar refractivity (Wildman–Crippen MR) is 104 cm³/mol. The van der Waals surface area contributed by atoms with Crippen LogP contribution in [0, 0.1) is 5.82 Å². The fraction of sp³-hybridized carbons (Fsp3) is 0.150. The SMILES string of the molecule is Oc1cc(C=c2cnn3c(=NC4CC4)cc(Nc4ccccc4F)nc23)c(O)[nH]1. The van der Waals surface area contributed by atoms with E-state index in [0.717, 1.165) is 12.8 Å². The Labute approximate surface area is 163 Å². The molecule has 1 aromatic carbocycles. The first-order valence-corrected chi connectivity index (χ1v) is 9.14. The molecule has 0 saturated heterocycles. The maximum atomic E-state index is 14.1. The normalized spacial score (nSPS) is 15.3. The largest absolute Gasteiger partial charge is 0.494 e. The van der Waals surface area contributed by atoms with Crippen LogP contribution in [0.2, 0.25) is 0 Å². The highest BCUT2D eigenvalue weighted by atomic mass is 19.1. The number of para-hydroxylation sites is 1. The number of nitrogens with one attached hydrogen (secondary N) is 2. The first-order chi connectivity index (χ1) is 14.1. The van der Waals surface area contributed by atoms with Crippen LogP contribution in [-0.2, 0) is 0 Å². The van der Waals surface area contributed by atoms with E-state index in [1.54, 1.807) is 41.1 Å². The minimum Gasteiger partial charge on any atom is -0.494 e. The van der Waals surface area contributed by atoms with Crippen LogP contribution in [0.5, 0.6) is 11.8 Å². The van der Waals surface area contributed by atoms with E-state index < -0.39 is 0 Å². The van der Waals surface area contributed by atoms with Crippen LogP contribution in [0.1, 0.15) is 18.4 Å². The summed E-state index contributed by atoms with van der Waals surface area (Å²) >= 11 is 0. The fourth-order valence-corrected chi connectivity index (χ4v) is 3.04. The Morgan fingerprint density at radius 3 is 2.79 bits per heavy atom. The van der Waals surface area contributed by atoms with Gasteiger partial charge >= 0.3 is 0 Å². The second-order valence-corrected chi connectivity index (χ2v) is 6.90. The number of hydrogen-bond donors (Lipinski definition) is 4. The summed E-state index contributed by atoms with van der Waals surface area (Å²) in [5.74, 6) is -0.268. The first-order valence-electron chi connectivity index (χ1n) is 9.14. The molecule has 1 aliphatic rings. The van der Waals surface area contributed by atoms with Gasteiger partial charge in [0.1, 0.15) is 11.6 Å². The van der Waals surface area contributed by atoms with Crippen LogP contribution < -0.4 is 16.0 Å². The van der Waals surface area contributed by atoms with Crippen LogP contribution in [-0.4, -0.2) is 35.8 Å². The van der Waals surface area contributed by atoms with Gasteiger partial charge in [0.05, 0.1) is 17.9 Å². The third-order valence-corrected chi connectivity index (χ3v) is 4.60. The number of aromatic amines is 1. The van der Waals surface area contributed by atoms with Crippen molar-refractivity contribution < 1.29 is 14.6 Å². The van der Waals surface area contributed by atoms with Crippen molar-refractivity contribution in [3.05, 3.63) is 64.7 Å². The zero-order valence-electron chi connectivity index (χ0n) is 15.2. The number of halogens is 1. The van der Waals surface area contributed by atoms with E-state index in [1.165, 1.54) is 12.1 Å². The fourth-order valence-electron chi connectivity index (χ4n) is 3.04. The molecule has 4 N–H and O–H groups in total. The Hall–Kier alpha value is -3.88. The van der Waals surface area contributed by atoms with Crippen molar-refractivity contribution in [2.45, 2.75) is 18.9 Å². The lowest BCUT2D eigenvalue weighted by Gasteiger charge is -2.07. The lowest BCUT2D eigenvalue weighted by atomic mass is 10.2. The molecule has 29 heavy (non-hydrogen) atoms. The highest BCUT2D eigenvalue weighted by molar-refractivity contribution is 5.63. The molecule has 0 amide bonds. The minimum absolute atomic E-state index is 0.149. The number of aromatic hydroxyl groups is 2. The Bertz CT molecular complexity index is 1340. The van der Waals surface area contributed by atoms with Gasteiger partial charge in [0.2, 0.25) is 0 Å². The van der Waals surface area contributed by atoms with Crippen LogP contribution in [0.25, 0.3) is 11.7 Å². The Kier molecular flexibility index (Phi) is 3.94. The summed E-state index contributed by atoms with van der Waals surface area (Å²) in [4.78, 5) is 11.7. The number of aromatic nitrogens is 4. The molecule has 3 heterocycles. The summed E-state index contributed by atoms with van der Waals surface area (Å²) in [5.41, 5.74) is 1.80. The molecule has 146 valence electrons. The molecular formula is C20H17FN6O2. The van der Waals surface area contributed by atoms with E-state index in [4.69, 9.17) is 0 Å². The average molecular weight is 392 g/mol. The third kappa shape index (κ3) is 3.38. The molecule has 0 atom stereocenters. The van der Waals surface area contributed by atoms with Crippen molar-refractivity contribution in [2.24, 2.45) is 4.99 Å². The molecule has 3 aromatic heterocycles. The Morgan fingerprint density at radius 2 is 2.07 bits per heavy atom. The van der Waals surface area contributed by atoms with Gasteiger partial charge in [0.25, 0.3) is 0 Å². The Balaban J connectivity index is 1.69. The third-order valence-electron chi connectivity index (χ3n) is 4.60. The molecule has 8 nitrogen and oxygen atoms in total. The second-order valence-electron chi connectivity index (χ2n) is 6.90. The molecule has 4 aromatic rings.